The first kappa shape index (κ1) is 35.0. The minimum Gasteiger partial charge on any atom is -0.464 e. The number of aliphatic hydroxyl groups is 1. The molecule has 0 rings (SSSR count). The first-order valence-corrected chi connectivity index (χ1v) is 14.9. The molecule has 9 nitrogen and oxygen atoms in total. The highest BCUT2D eigenvalue weighted by atomic mass is 28.4. The molecule has 0 radical (unpaired) electrons. The summed E-state index contributed by atoms with van der Waals surface area (Å²) in [6, 6.07) is 0.357. The molecule has 10 heteroatoms. The minimum atomic E-state index is -2.66. The number of hydrogen-bond acceptors (Lipinski definition) is 7. The van der Waals surface area contributed by atoms with Gasteiger partial charge in [0.2, 0.25) is 0 Å². The first-order valence-electron chi connectivity index (χ1n) is 13.0. The molecule has 204 valence electrons. The van der Waals surface area contributed by atoms with Gasteiger partial charge >= 0.3 is 20.8 Å². The van der Waals surface area contributed by atoms with Gasteiger partial charge in [-0.25, -0.2) is 4.79 Å². The fraction of sp³-hybridized carbons (Fsp3) is 0.917. The molecule has 0 aliphatic rings. The van der Waals surface area contributed by atoms with Gasteiger partial charge in [0.05, 0.1) is 12.5 Å². The maximum atomic E-state index is 11.7. The fourth-order valence-electron chi connectivity index (χ4n) is 2.84. The summed E-state index contributed by atoms with van der Waals surface area (Å²) in [6.07, 6.45) is 4.81. The van der Waals surface area contributed by atoms with Crippen molar-refractivity contribution < 1.29 is 32.7 Å². The lowest BCUT2D eigenvalue weighted by Crippen LogP contribution is -2.46. The topological polar surface area (TPSA) is 115 Å². The summed E-state index contributed by atoms with van der Waals surface area (Å²) >= 11 is 0. The molecule has 0 saturated carbocycles. The molecule has 2 amide bonds. The average molecular weight is 509 g/mol. The number of carbonyl (C=O) groups is 2. The lowest BCUT2D eigenvalue weighted by Gasteiger charge is -2.28. The number of hydrogen-bond donors (Lipinski definition) is 3. The highest BCUT2D eigenvalue weighted by Gasteiger charge is 2.39. The van der Waals surface area contributed by atoms with E-state index in [9.17, 15) is 9.59 Å². The molecule has 0 aromatic heterocycles. The van der Waals surface area contributed by atoms with Crippen LogP contribution in [0.25, 0.3) is 0 Å². The maximum Gasteiger partial charge on any atom is 0.500 e. The minimum absolute atomic E-state index is 0.116. The normalized spacial score (nSPS) is 12.8. The molecule has 3 N–H and O–H groups in total. The van der Waals surface area contributed by atoms with E-state index >= 15 is 0 Å². The zero-order valence-corrected chi connectivity index (χ0v) is 23.7. The third-order valence-corrected chi connectivity index (χ3v) is 8.39. The van der Waals surface area contributed by atoms with E-state index in [2.05, 4.69) is 24.5 Å². The van der Waals surface area contributed by atoms with Gasteiger partial charge in [0, 0.05) is 39.0 Å². The SMILES string of the molecule is CCC(C)CCCO.CCO[Si](CCCNC(=O)NCCOC(=O)C(C)CC)(OCC)OCC. The Labute approximate surface area is 209 Å². The highest BCUT2D eigenvalue weighted by molar-refractivity contribution is 6.60. The van der Waals surface area contributed by atoms with Gasteiger partial charge in [-0.05, 0) is 52.4 Å². The van der Waals surface area contributed by atoms with Crippen LogP contribution in [0, 0.1) is 11.8 Å². The van der Waals surface area contributed by atoms with Gasteiger partial charge in [-0.15, -0.1) is 0 Å². The molecule has 0 aliphatic carbocycles. The first-order chi connectivity index (χ1) is 16.2. The summed E-state index contributed by atoms with van der Waals surface area (Å²) < 4.78 is 22.4. The Hall–Kier alpha value is -1.20. The van der Waals surface area contributed by atoms with Gasteiger partial charge in [0.15, 0.2) is 0 Å². The number of urea groups is 1. The Kier molecular flexibility index (Phi) is 24.2. The standard InChI is InChI=1S/C17H36N2O6Si.C7H16O/c1-6-15(5)16(20)22-13-12-19-17(21)18-11-10-14-26(23-7-2,24-8-3)25-9-4;1-3-7(2)5-4-6-8/h15H,6-14H2,1-5H3,(H2,18,19,21);7-8H,3-6H2,1-2H3. The third-order valence-electron chi connectivity index (χ3n) is 5.24. The lowest BCUT2D eigenvalue weighted by molar-refractivity contribution is -0.147. The second-order valence-corrected chi connectivity index (χ2v) is 10.9. The number of rotatable bonds is 19. The van der Waals surface area contributed by atoms with Crippen LogP contribution in [0.5, 0.6) is 0 Å². The van der Waals surface area contributed by atoms with Crippen molar-refractivity contribution in [3.05, 3.63) is 0 Å². The predicted octanol–water partition coefficient (Wildman–Crippen LogP) is 4.12. The molecule has 0 bridgehead atoms. The van der Waals surface area contributed by atoms with Crippen LogP contribution in [0.3, 0.4) is 0 Å². The molecule has 34 heavy (non-hydrogen) atoms. The van der Waals surface area contributed by atoms with Crippen molar-refractivity contribution in [2.24, 2.45) is 11.8 Å². The summed E-state index contributed by atoms with van der Waals surface area (Å²) in [5.74, 6) is 0.440. The summed E-state index contributed by atoms with van der Waals surface area (Å²) in [4.78, 5) is 23.2. The van der Waals surface area contributed by atoms with Crippen molar-refractivity contribution in [3.63, 3.8) is 0 Å². The van der Waals surface area contributed by atoms with E-state index in [1.54, 1.807) is 0 Å². The molecule has 0 aromatic carbocycles. The molecule has 0 aromatic rings. The summed E-state index contributed by atoms with van der Waals surface area (Å²) in [5, 5.41) is 13.8. The molecule has 0 fully saturated rings. The molecular formula is C24H52N2O7Si. The van der Waals surface area contributed by atoms with E-state index in [4.69, 9.17) is 23.1 Å². The zero-order chi connectivity index (χ0) is 26.2. The van der Waals surface area contributed by atoms with Crippen LogP contribution in [0.4, 0.5) is 4.79 Å². The molecule has 0 spiro atoms. The molecule has 0 saturated heterocycles. The highest BCUT2D eigenvalue weighted by Crippen LogP contribution is 2.17. The Balaban J connectivity index is 0. The van der Waals surface area contributed by atoms with Crippen LogP contribution in [0.15, 0.2) is 0 Å². The molecular weight excluding hydrogens is 456 g/mol. The van der Waals surface area contributed by atoms with Gasteiger partial charge in [-0.2, -0.15) is 0 Å². The van der Waals surface area contributed by atoms with E-state index in [1.807, 2.05) is 34.6 Å². The van der Waals surface area contributed by atoms with E-state index in [-0.39, 0.29) is 31.1 Å². The summed E-state index contributed by atoms with van der Waals surface area (Å²) in [6.45, 7) is 16.8. The van der Waals surface area contributed by atoms with Crippen molar-refractivity contribution in [3.8, 4) is 0 Å². The van der Waals surface area contributed by atoms with Crippen LogP contribution in [-0.2, 0) is 22.8 Å². The van der Waals surface area contributed by atoms with E-state index in [0.717, 1.165) is 18.8 Å². The smallest absolute Gasteiger partial charge is 0.464 e. The van der Waals surface area contributed by atoms with Crippen LogP contribution in [-0.4, -0.2) is 72.0 Å². The second kappa shape index (κ2) is 23.5. The second-order valence-electron chi connectivity index (χ2n) is 8.12. The van der Waals surface area contributed by atoms with Gasteiger partial charge in [0.1, 0.15) is 6.61 Å². The summed E-state index contributed by atoms with van der Waals surface area (Å²) in [5.41, 5.74) is 0. The van der Waals surface area contributed by atoms with Gasteiger partial charge in [-0.1, -0.05) is 34.1 Å². The van der Waals surface area contributed by atoms with E-state index in [1.165, 1.54) is 12.8 Å². The fourth-order valence-corrected chi connectivity index (χ4v) is 5.45. The van der Waals surface area contributed by atoms with Crippen LogP contribution in [0.2, 0.25) is 6.04 Å². The molecule has 2 unspecified atom stereocenters. The number of ether oxygens (including phenoxy) is 1. The van der Waals surface area contributed by atoms with Crippen molar-refractivity contribution >= 4 is 20.8 Å². The lowest BCUT2D eigenvalue weighted by atomic mass is 10.0. The predicted molar refractivity (Wildman–Crippen MR) is 138 cm³/mol. The van der Waals surface area contributed by atoms with Gasteiger partial charge < -0.3 is 33.8 Å². The quantitative estimate of drug-likeness (QED) is 0.137. The number of amides is 2. The van der Waals surface area contributed by atoms with E-state index in [0.29, 0.717) is 45.4 Å². The van der Waals surface area contributed by atoms with Gasteiger partial charge in [-0.3, -0.25) is 4.79 Å². The third kappa shape index (κ3) is 19.1. The Morgan fingerprint density at radius 1 is 0.853 bits per heavy atom. The van der Waals surface area contributed by atoms with Crippen molar-refractivity contribution in [2.45, 2.75) is 86.6 Å². The van der Waals surface area contributed by atoms with Crippen molar-refractivity contribution in [2.75, 3.05) is 46.1 Å². The van der Waals surface area contributed by atoms with Crippen LogP contribution < -0.4 is 10.6 Å². The largest absolute Gasteiger partial charge is 0.500 e. The summed E-state index contributed by atoms with van der Waals surface area (Å²) in [7, 11) is -2.66. The van der Waals surface area contributed by atoms with Crippen molar-refractivity contribution in [1.82, 2.24) is 10.6 Å². The van der Waals surface area contributed by atoms with E-state index < -0.39 is 8.80 Å². The van der Waals surface area contributed by atoms with Crippen LogP contribution >= 0.6 is 0 Å². The van der Waals surface area contributed by atoms with Crippen molar-refractivity contribution in [1.29, 1.82) is 0 Å². The number of nitrogens with one attached hydrogen (secondary N) is 2. The molecule has 0 aliphatic heterocycles. The number of esters is 1. The maximum absolute atomic E-state index is 11.7. The molecule has 2 atom stereocenters. The van der Waals surface area contributed by atoms with Gasteiger partial charge in [0.25, 0.3) is 0 Å². The Morgan fingerprint density at radius 2 is 1.41 bits per heavy atom. The number of aliphatic hydroxyl groups excluding tert-OH is 1. The average Bonchev–Trinajstić information content (AvgIpc) is 2.83. The number of carbonyl (C=O) groups excluding carboxylic acids is 2. The Bertz CT molecular complexity index is 481. The van der Waals surface area contributed by atoms with Crippen LogP contribution in [0.1, 0.15) is 80.6 Å². The Morgan fingerprint density at radius 3 is 1.88 bits per heavy atom. The molecule has 0 heterocycles. The zero-order valence-electron chi connectivity index (χ0n) is 22.7. The monoisotopic (exact) mass is 508 g/mol.